The van der Waals surface area contributed by atoms with Crippen LogP contribution in [0.2, 0.25) is 0 Å². The average Bonchev–Trinajstić information content (AvgIpc) is 3.70. The molecule has 1 N–H and O–H groups in total. The van der Waals surface area contributed by atoms with Crippen LogP contribution in [0.1, 0.15) is 49.7 Å². The van der Waals surface area contributed by atoms with Crippen LogP contribution >= 0.6 is 0 Å². The van der Waals surface area contributed by atoms with Crippen LogP contribution < -0.4 is 4.74 Å². The second kappa shape index (κ2) is 10.1. The molecule has 2 aromatic carbocycles. The van der Waals surface area contributed by atoms with Gasteiger partial charge in [-0.3, -0.25) is 4.79 Å². The minimum Gasteiger partial charge on any atom is -0.508 e. The lowest BCUT2D eigenvalue weighted by molar-refractivity contribution is -0.128. The molecular formula is C30H38N2O3. The third-order valence-electron chi connectivity index (χ3n) is 8.62. The van der Waals surface area contributed by atoms with Crippen molar-refractivity contribution in [2.24, 2.45) is 11.8 Å². The van der Waals surface area contributed by atoms with Crippen molar-refractivity contribution in [1.29, 1.82) is 0 Å². The molecule has 1 aliphatic heterocycles. The third kappa shape index (κ3) is 5.25. The highest BCUT2D eigenvalue weighted by Crippen LogP contribution is 2.51. The van der Waals surface area contributed by atoms with Crippen molar-refractivity contribution in [1.82, 2.24) is 9.80 Å². The van der Waals surface area contributed by atoms with E-state index < -0.39 is 0 Å². The standard InChI is InChI=1S/C30H38N2O3/c1-31(29(34)14-11-22-5-3-7-27(33)17-22)26-13-12-25-21-32(20-23-9-10-23)16-15-30(25,19-26)24-6-4-8-28(18-24)35-2/h3-8,11,14,17-18,23,25-26,33H,9-10,12-13,15-16,19-21H2,1-2H3/t25-,26-,30+/m1/s1. The summed E-state index contributed by atoms with van der Waals surface area (Å²) >= 11 is 0. The van der Waals surface area contributed by atoms with Gasteiger partial charge < -0.3 is 19.6 Å². The molecule has 1 amide bonds. The van der Waals surface area contributed by atoms with E-state index in [-0.39, 0.29) is 23.1 Å². The summed E-state index contributed by atoms with van der Waals surface area (Å²) in [6, 6.07) is 15.8. The van der Waals surface area contributed by atoms with Crippen LogP contribution in [0.5, 0.6) is 11.5 Å². The molecule has 5 rings (SSSR count). The molecule has 3 aliphatic rings. The fraction of sp³-hybridized carbons (Fsp3) is 0.500. The number of benzene rings is 2. The predicted octanol–water partition coefficient (Wildman–Crippen LogP) is 5.09. The second-order valence-corrected chi connectivity index (χ2v) is 10.9. The van der Waals surface area contributed by atoms with Gasteiger partial charge in [0, 0.05) is 37.7 Å². The van der Waals surface area contributed by atoms with Crippen LogP contribution in [0.4, 0.5) is 0 Å². The molecule has 3 fully saturated rings. The van der Waals surface area contributed by atoms with Gasteiger partial charge in [0.1, 0.15) is 11.5 Å². The summed E-state index contributed by atoms with van der Waals surface area (Å²) in [4.78, 5) is 17.8. The Balaban J connectivity index is 1.35. The topological polar surface area (TPSA) is 53.0 Å². The number of rotatable bonds is 7. The van der Waals surface area contributed by atoms with Crippen LogP contribution in [0.15, 0.2) is 54.6 Å². The monoisotopic (exact) mass is 474 g/mol. The number of amides is 1. The number of carbonyl (C=O) groups is 1. The normalized spacial score (nSPS) is 26.9. The molecule has 0 bridgehead atoms. The van der Waals surface area contributed by atoms with Crippen molar-refractivity contribution in [2.75, 3.05) is 33.8 Å². The lowest BCUT2D eigenvalue weighted by Crippen LogP contribution is -2.56. The number of hydrogen-bond acceptors (Lipinski definition) is 4. The Kier molecular flexibility index (Phi) is 6.88. The van der Waals surface area contributed by atoms with Crippen molar-refractivity contribution in [3.8, 4) is 11.5 Å². The van der Waals surface area contributed by atoms with Gasteiger partial charge in [-0.2, -0.15) is 0 Å². The number of nitrogens with zero attached hydrogens (tertiary/aromatic N) is 2. The number of hydrogen-bond donors (Lipinski definition) is 1. The van der Waals surface area contributed by atoms with Crippen LogP contribution in [-0.2, 0) is 10.2 Å². The summed E-state index contributed by atoms with van der Waals surface area (Å²) in [6.45, 7) is 3.55. The number of likely N-dealkylation sites (N-methyl/N-ethyl adjacent to an activating group) is 1. The van der Waals surface area contributed by atoms with E-state index >= 15 is 0 Å². The van der Waals surface area contributed by atoms with Crippen LogP contribution in [0.25, 0.3) is 6.08 Å². The zero-order valence-corrected chi connectivity index (χ0v) is 21.0. The van der Waals surface area contributed by atoms with E-state index in [2.05, 4.69) is 23.1 Å². The SMILES string of the molecule is COc1cccc([C@@]23CCN(CC4CC4)C[C@H]2CC[C@@H](N(C)C(=O)C=Cc2cccc(O)c2)C3)c1. The molecule has 2 aliphatic carbocycles. The molecule has 5 nitrogen and oxygen atoms in total. The van der Waals surface area contributed by atoms with Gasteiger partial charge in [0.2, 0.25) is 5.91 Å². The molecule has 0 aromatic heterocycles. The van der Waals surface area contributed by atoms with Crippen molar-refractivity contribution < 1.29 is 14.6 Å². The lowest BCUT2D eigenvalue weighted by Gasteiger charge is -2.54. The highest BCUT2D eigenvalue weighted by atomic mass is 16.5. The van der Waals surface area contributed by atoms with Gasteiger partial charge in [-0.1, -0.05) is 24.3 Å². The second-order valence-electron chi connectivity index (χ2n) is 10.9. The van der Waals surface area contributed by atoms with E-state index in [0.717, 1.165) is 56.0 Å². The van der Waals surface area contributed by atoms with Crippen LogP contribution in [-0.4, -0.2) is 60.6 Å². The molecule has 35 heavy (non-hydrogen) atoms. The summed E-state index contributed by atoms with van der Waals surface area (Å²) in [6.07, 6.45) is 10.5. The Hall–Kier alpha value is -2.79. The van der Waals surface area contributed by atoms with Gasteiger partial charge in [-0.15, -0.1) is 0 Å². The molecule has 1 heterocycles. The van der Waals surface area contributed by atoms with Gasteiger partial charge in [-0.05, 0) is 98.4 Å². The van der Waals surface area contributed by atoms with Gasteiger partial charge in [0.15, 0.2) is 0 Å². The molecule has 3 atom stereocenters. The Morgan fingerprint density at radius 2 is 2.00 bits per heavy atom. The summed E-state index contributed by atoms with van der Waals surface area (Å²) in [5.41, 5.74) is 2.26. The lowest BCUT2D eigenvalue weighted by atomic mass is 9.57. The zero-order valence-electron chi connectivity index (χ0n) is 21.0. The maximum absolute atomic E-state index is 13.1. The first kappa shape index (κ1) is 23.9. The van der Waals surface area contributed by atoms with Gasteiger partial charge >= 0.3 is 0 Å². The van der Waals surface area contributed by atoms with Gasteiger partial charge in [-0.25, -0.2) is 0 Å². The number of phenolic OH excluding ortho intramolecular Hbond substituents is 1. The Bertz CT molecular complexity index is 1080. The number of carbonyl (C=O) groups excluding carboxylic acids is 1. The van der Waals surface area contributed by atoms with Crippen molar-refractivity contribution >= 4 is 12.0 Å². The Labute approximate surface area is 209 Å². The molecule has 0 spiro atoms. The number of fused-ring (bicyclic) bond motifs is 1. The predicted molar refractivity (Wildman–Crippen MR) is 139 cm³/mol. The smallest absolute Gasteiger partial charge is 0.246 e. The fourth-order valence-corrected chi connectivity index (χ4v) is 6.38. The van der Waals surface area contributed by atoms with E-state index in [9.17, 15) is 9.90 Å². The number of piperidine rings is 1. The van der Waals surface area contributed by atoms with E-state index in [1.165, 1.54) is 24.9 Å². The largest absolute Gasteiger partial charge is 0.508 e. The van der Waals surface area contributed by atoms with Crippen LogP contribution in [0, 0.1) is 11.8 Å². The van der Waals surface area contributed by atoms with Crippen molar-refractivity contribution in [3.63, 3.8) is 0 Å². The highest BCUT2D eigenvalue weighted by Gasteiger charge is 2.49. The number of aromatic hydroxyl groups is 1. The first-order valence-electron chi connectivity index (χ1n) is 13.1. The number of likely N-dealkylation sites (tertiary alicyclic amines) is 1. The molecule has 2 saturated carbocycles. The quantitative estimate of drug-likeness (QED) is 0.568. The van der Waals surface area contributed by atoms with Crippen molar-refractivity contribution in [2.45, 2.75) is 50.0 Å². The third-order valence-corrected chi connectivity index (χ3v) is 8.62. The van der Waals surface area contributed by atoms with Gasteiger partial charge in [0.25, 0.3) is 0 Å². The van der Waals surface area contributed by atoms with Gasteiger partial charge in [0.05, 0.1) is 7.11 Å². The first-order valence-corrected chi connectivity index (χ1v) is 13.1. The fourth-order valence-electron chi connectivity index (χ4n) is 6.38. The number of methoxy groups -OCH3 is 1. The number of ether oxygens (including phenoxy) is 1. The van der Waals surface area contributed by atoms with E-state index in [1.54, 1.807) is 37.5 Å². The minimum atomic E-state index is 0.0174. The maximum atomic E-state index is 13.1. The summed E-state index contributed by atoms with van der Waals surface area (Å²) in [7, 11) is 3.68. The number of phenols is 1. The van der Waals surface area contributed by atoms with E-state index in [0.29, 0.717) is 5.92 Å². The molecule has 2 aromatic rings. The molecule has 5 heteroatoms. The van der Waals surface area contributed by atoms with E-state index in [1.807, 2.05) is 24.1 Å². The van der Waals surface area contributed by atoms with Crippen LogP contribution in [0.3, 0.4) is 0 Å². The molecule has 186 valence electrons. The summed E-state index contributed by atoms with van der Waals surface area (Å²) in [5.74, 6) is 2.65. The zero-order chi connectivity index (χ0) is 24.4. The molecular weight excluding hydrogens is 436 g/mol. The van der Waals surface area contributed by atoms with Crippen molar-refractivity contribution in [3.05, 3.63) is 65.7 Å². The Morgan fingerprint density at radius 1 is 1.17 bits per heavy atom. The summed E-state index contributed by atoms with van der Waals surface area (Å²) in [5, 5.41) is 9.70. The molecule has 0 radical (unpaired) electrons. The molecule has 1 saturated heterocycles. The first-order chi connectivity index (χ1) is 17.0. The minimum absolute atomic E-state index is 0.0174. The summed E-state index contributed by atoms with van der Waals surface area (Å²) < 4.78 is 5.60. The maximum Gasteiger partial charge on any atom is 0.246 e. The van der Waals surface area contributed by atoms with E-state index in [4.69, 9.17) is 4.74 Å². The molecule has 0 unspecified atom stereocenters. The Morgan fingerprint density at radius 3 is 2.77 bits per heavy atom. The average molecular weight is 475 g/mol. The highest BCUT2D eigenvalue weighted by molar-refractivity contribution is 5.91.